The average Bonchev–Trinajstić information content (AvgIpc) is 2.20. The van der Waals surface area contributed by atoms with Crippen molar-refractivity contribution in [2.24, 2.45) is 4.99 Å². The lowest BCUT2D eigenvalue weighted by Crippen LogP contribution is -2.08. The van der Waals surface area contributed by atoms with Gasteiger partial charge in [-0.2, -0.15) is 0 Å². The third-order valence-electron chi connectivity index (χ3n) is 2.32. The van der Waals surface area contributed by atoms with Gasteiger partial charge in [0.25, 0.3) is 0 Å². The maximum Gasteiger partial charge on any atom is 0.0414 e. The normalized spacial score (nSPS) is 11.6. The summed E-state index contributed by atoms with van der Waals surface area (Å²) in [5.74, 6) is 0. The molecule has 2 nitrogen and oxygen atoms in total. The summed E-state index contributed by atoms with van der Waals surface area (Å²) >= 11 is 0. The Morgan fingerprint density at radius 1 is 1.21 bits per heavy atom. The minimum atomic E-state index is 0.984. The van der Waals surface area contributed by atoms with Gasteiger partial charge in [0.15, 0.2) is 0 Å². The van der Waals surface area contributed by atoms with Gasteiger partial charge < -0.3 is 4.90 Å². The zero-order valence-electron chi connectivity index (χ0n) is 9.41. The first-order chi connectivity index (χ1) is 6.69. The smallest absolute Gasteiger partial charge is 0.0414 e. The van der Waals surface area contributed by atoms with Gasteiger partial charge in [-0.15, -0.1) is 0 Å². The molecule has 0 radical (unpaired) electrons. The van der Waals surface area contributed by atoms with Gasteiger partial charge in [0.1, 0.15) is 0 Å². The molecule has 0 spiro atoms. The van der Waals surface area contributed by atoms with E-state index in [1.165, 1.54) is 11.3 Å². The molecule has 0 bridgehead atoms. The van der Waals surface area contributed by atoms with Crippen LogP contribution in [0, 0.1) is 0 Å². The first kappa shape index (κ1) is 10.8. The zero-order chi connectivity index (χ0) is 10.6. The Morgan fingerprint density at radius 2 is 1.79 bits per heavy atom. The van der Waals surface area contributed by atoms with Crippen molar-refractivity contribution >= 4 is 11.4 Å². The summed E-state index contributed by atoms with van der Waals surface area (Å²) in [5.41, 5.74) is 3.61. The van der Waals surface area contributed by atoms with Gasteiger partial charge in [-0.1, -0.05) is 19.1 Å². The third kappa shape index (κ3) is 2.34. The lowest BCUT2D eigenvalue weighted by molar-refractivity contribution is 1.13. The molecule has 0 saturated carbocycles. The highest BCUT2D eigenvalue weighted by Gasteiger charge is 2.00. The molecule has 0 saturated heterocycles. The van der Waals surface area contributed by atoms with Gasteiger partial charge in [0.2, 0.25) is 0 Å². The van der Waals surface area contributed by atoms with E-state index in [4.69, 9.17) is 0 Å². The second-order valence-electron chi connectivity index (χ2n) is 3.47. The van der Waals surface area contributed by atoms with Gasteiger partial charge in [0, 0.05) is 32.5 Å². The Labute approximate surface area is 86.3 Å². The molecular formula is C12H18N2. The number of rotatable bonds is 3. The molecule has 0 aromatic heterocycles. The van der Waals surface area contributed by atoms with E-state index in [9.17, 15) is 0 Å². The third-order valence-corrected chi connectivity index (χ3v) is 2.32. The van der Waals surface area contributed by atoms with Crippen molar-refractivity contribution in [3.8, 4) is 0 Å². The first-order valence-electron chi connectivity index (χ1n) is 4.92. The molecule has 0 amide bonds. The quantitative estimate of drug-likeness (QED) is 0.669. The molecule has 2 heteroatoms. The van der Waals surface area contributed by atoms with Crippen LogP contribution in [0.5, 0.6) is 0 Å². The van der Waals surface area contributed by atoms with Crippen molar-refractivity contribution in [1.29, 1.82) is 0 Å². The molecule has 0 unspecified atom stereocenters. The van der Waals surface area contributed by atoms with Crippen LogP contribution in [-0.2, 0) is 0 Å². The monoisotopic (exact) mass is 190 g/mol. The minimum absolute atomic E-state index is 0.984. The maximum absolute atomic E-state index is 4.25. The van der Waals surface area contributed by atoms with Gasteiger partial charge in [-0.05, 0) is 24.1 Å². The fourth-order valence-electron chi connectivity index (χ4n) is 1.44. The van der Waals surface area contributed by atoms with E-state index in [0.29, 0.717) is 0 Å². The summed E-state index contributed by atoms with van der Waals surface area (Å²) in [7, 11) is 5.94. The van der Waals surface area contributed by atoms with Gasteiger partial charge >= 0.3 is 0 Å². The second-order valence-corrected chi connectivity index (χ2v) is 3.47. The fraction of sp³-hybridized carbons (Fsp3) is 0.417. The summed E-state index contributed by atoms with van der Waals surface area (Å²) in [4.78, 5) is 6.35. The Hall–Kier alpha value is -1.31. The van der Waals surface area contributed by atoms with Crippen LogP contribution in [0.3, 0.4) is 0 Å². The molecule has 1 rings (SSSR count). The average molecular weight is 190 g/mol. The highest BCUT2D eigenvalue weighted by Crippen LogP contribution is 2.13. The second kappa shape index (κ2) is 4.80. The molecular weight excluding hydrogens is 172 g/mol. The van der Waals surface area contributed by atoms with E-state index in [2.05, 4.69) is 41.1 Å². The zero-order valence-corrected chi connectivity index (χ0v) is 9.41. The summed E-state index contributed by atoms with van der Waals surface area (Å²) < 4.78 is 0. The van der Waals surface area contributed by atoms with Crippen molar-refractivity contribution in [2.75, 3.05) is 26.0 Å². The molecule has 0 atom stereocenters. The van der Waals surface area contributed by atoms with Crippen LogP contribution in [0.15, 0.2) is 29.3 Å². The molecule has 0 aliphatic heterocycles. The number of nitrogens with zero attached hydrogens (tertiary/aromatic N) is 2. The van der Waals surface area contributed by atoms with Crippen LogP contribution in [-0.4, -0.2) is 26.9 Å². The molecule has 1 aromatic rings. The van der Waals surface area contributed by atoms with Crippen LogP contribution >= 0.6 is 0 Å². The van der Waals surface area contributed by atoms with E-state index in [1.54, 1.807) is 0 Å². The Kier molecular flexibility index (Phi) is 3.69. The molecule has 76 valence electrons. The van der Waals surface area contributed by atoms with Crippen LogP contribution < -0.4 is 4.90 Å². The predicted molar refractivity (Wildman–Crippen MR) is 63.5 cm³/mol. The van der Waals surface area contributed by atoms with Gasteiger partial charge in [-0.25, -0.2) is 0 Å². The van der Waals surface area contributed by atoms with Crippen molar-refractivity contribution in [3.63, 3.8) is 0 Å². The van der Waals surface area contributed by atoms with E-state index >= 15 is 0 Å². The van der Waals surface area contributed by atoms with Crippen molar-refractivity contribution in [2.45, 2.75) is 13.3 Å². The predicted octanol–water partition coefficient (Wildman–Crippen LogP) is 2.58. The molecule has 0 aliphatic rings. The number of hydrogen-bond donors (Lipinski definition) is 0. The molecule has 1 aromatic carbocycles. The van der Waals surface area contributed by atoms with E-state index in [-0.39, 0.29) is 0 Å². The summed E-state index contributed by atoms with van der Waals surface area (Å²) in [6, 6.07) is 8.49. The first-order valence-corrected chi connectivity index (χ1v) is 4.92. The topological polar surface area (TPSA) is 15.6 Å². The fourth-order valence-corrected chi connectivity index (χ4v) is 1.44. The molecule has 14 heavy (non-hydrogen) atoms. The van der Waals surface area contributed by atoms with Crippen LogP contribution in [0.25, 0.3) is 0 Å². The highest BCUT2D eigenvalue weighted by molar-refractivity contribution is 6.00. The van der Waals surface area contributed by atoms with Crippen molar-refractivity contribution in [3.05, 3.63) is 29.8 Å². The van der Waals surface area contributed by atoms with E-state index < -0.39 is 0 Å². The number of benzene rings is 1. The molecule has 0 aliphatic carbocycles. The summed E-state index contributed by atoms with van der Waals surface area (Å²) in [6.45, 7) is 2.13. The molecule has 0 N–H and O–H groups in total. The van der Waals surface area contributed by atoms with Crippen LogP contribution in [0.1, 0.15) is 18.9 Å². The van der Waals surface area contributed by atoms with Gasteiger partial charge in [-0.3, -0.25) is 4.99 Å². The van der Waals surface area contributed by atoms with Crippen molar-refractivity contribution in [1.82, 2.24) is 0 Å². The Bertz CT molecular complexity index is 310. The number of hydrogen-bond acceptors (Lipinski definition) is 2. The van der Waals surface area contributed by atoms with E-state index in [0.717, 1.165) is 12.1 Å². The van der Waals surface area contributed by atoms with Crippen molar-refractivity contribution < 1.29 is 0 Å². The number of anilines is 1. The Balaban J connectivity index is 2.93. The maximum atomic E-state index is 4.25. The summed E-state index contributed by atoms with van der Waals surface area (Å²) in [5, 5.41) is 0. The lowest BCUT2D eigenvalue weighted by Gasteiger charge is -2.12. The lowest BCUT2D eigenvalue weighted by atomic mass is 10.1. The van der Waals surface area contributed by atoms with Gasteiger partial charge in [0.05, 0.1) is 0 Å². The minimum Gasteiger partial charge on any atom is -0.378 e. The standard InChI is InChI=1S/C12H18N2/c1-5-12(13-2)10-6-8-11(9-7-10)14(3)4/h6-9H,5H2,1-4H3. The Morgan fingerprint density at radius 3 is 2.14 bits per heavy atom. The van der Waals surface area contributed by atoms with E-state index in [1.807, 2.05) is 21.1 Å². The number of aliphatic imine (C=N–C) groups is 1. The highest BCUT2D eigenvalue weighted by atomic mass is 15.1. The SMILES string of the molecule is CCC(=NC)c1ccc(N(C)C)cc1. The largest absolute Gasteiger partial charge is 0.378 e. The molecule has 0 heterocycles. The van der Waals surface area contributed by atoms with Crippen LogP contribution in [0.2, 0.25) is 0 Å². The van der Waals surface area contributed by atoms with Crippen LogP contribution in [0.4, 0.5) is 5.69 Å². The summed E-state index contributed by atoms with van der Waals surface area (Å²) in [6.07, 6.45) is 0.984. The molecule has 0 fully saturated rings.